The molecule has 3 rings (SSSR count). The van der Waals surface area contributed by atoms with Gasteiger partial charge in [-0.1, -0.05) is 23.7 Å². The second-order valence-electron chi connectivity index (χ2n) is 6.37. The molecule has 6 heteroatoms. The molecular weight excluding hydrogens is 314 g/mol. The SMILES string of the molecule is CC1NCCN(C(=O)C2CC(=O)N(c3ccccc3Cl)C2)C1C. The van der Waals surface area contributed by atoms with Crippen LogP contribution >= 0.6 is 11.6 Å². The number of piperazine rings is 1. The van der Waals surface area contributed by atoms with E-state index < -0.39 is 0 Å². The van der Waals surface area contributed by atoms with Gasteiger partial charge in [-0.3, -0.25) is 9.59 Å². The number of para-hydroxylation sites is 1. The fourth-order valence-corrected chi connectivity index (χ4v) is 3.62. The van der Waals surface area contributed by atoms with Crippen LogP contribution in [0.3, 0.4) is 0 Å². The van der Waals surface area contributed by atoms with Crippen LogP contribution in [-0.2, 0) is 9.59 Å². The summed E-state index contributed by atoms with van der Waals surface area (Å²) >= 11 is 6.19. The van der Waals surface area contributed by atoms with Gasteiger partial charge in [0.15, 0.2) is 0 Å². The van der Waals surface area contributed by atoms with E-state index in [2.05, 4.69) is 19.2 Å². The maximum atomic E-state index is 12.8. The van der Waals surface area contributed by atoms with Crippen LogP contribution in [-0.4, -0.2) is 48.4 Å². The van der Waals surface area contributed by atoms with Gasteiger partial charge in [-0.15, -0.1) is 0 Å². The van der Waals surface area contributed by atoms with Crippen LogP contribution in [0.4, 0.5) is 5.69 Å². The number of benzene rings is 1. The summed E-state index contributed by atoms with van der Waals surface area (Å²) < 4.78 is 0. The summed E-state index contributed by atoms with van der Waals surface area (Å²) in [4.78, 5) is 28.8. The predicted molar refractivity (Wildman–Crippen MR) is 90.6 cm³/mol. The first-order chi connectivity index (χ1) is 11.0. The van der Waals surface area contributed by atoms with Gasteiger partial charge in [-0.25, -0.2) is 0 Å². The quantitative estimate of drug-likeness (QED) is 0.898. The Morgan fingerprint density at radius 3 is 2.78 bits per heavy atom. The van der Waals surface area contributed by atoms with Crippen LogP contribution in [0.1, 0.15) is 20.3 Å². The molecule has 1 aromatic carbocycles. The zero-order chi connectivity index (χ0) is 16.6. The van der Waals surface area contributed by atoms with Gasteiger partial charge in [-0.2, -0.15) is 0 Å². The standard InChI is InChI=1S/C17H22ClN3O2/c1-11-12(2)20(8-7-19-11)17(23)13-9-16(22)21(10-13)15-6-4-3-5-14(15)18/h3-6,11-13,19H,7-10H2,1-2H3. The number of hydrogen-bond donors (Lipinski definition) is 1. The lowest BCUT2D eigenvalue weighted by molar-refractivity contribution is -0.139. The molecule has 1 aromatic rings. The number of nitrogens with zero attached hydrogens (tertiary/aromatic N) is 2. The van der Waals surface area contributed by atoms with E-state index in [9.17, 15) is 9.59 Å². The second kappa shape index (κ2) is 6.49. The number of amides is 2. The van der Waals surface area contributed by atoms with Gasteiger partial charge in [0, 0.05) is 38.1 Å². The van der Waals surface area contributed by atoms with Crippen molar-refractivity contribution in [3.05, 3.63) is 29.3 Å². The zero-order valence-corrected chi connectivity index (χ0v) is 14.2. The summed E-state index contributed by atoms with van der Waals surface area (Å²) in [5.74, 6) is -0.243. The molecule has 2 aliphatic heterocycles. The molecule has 2 aliphatic rings. The normalized spacial score (nSPS) is 28.3. The summed E-state index contributed by atoms with van der Waals surface area (Å²) in [6.45, 7) is 6.04. The Bertz CT molecular complexity index is 622. The molecule has 1 N–H and O–H groups in total. The number of hydrogen-bond acceptors (Lipinski definition) is 3. The minimum Gasteiger partial charge on any atom is -0.337 e. The number of anilines is 1. The van der Waals surface area contributed by atoms with Crippen LogP contribution in [0.15, 0.2) is 24.3 Å². The van der Waals surface area contributed by atoms with Crippen molar-refractivity contribution in [2.45, 2.75) is 32.4 Å². The molecule has 0 aliphatic carbocycles. The third-order valence-electron chi connectivity index (χ3n) is 4.93. The van der Waals surface area contributed by atoms with Crippen LogP contribution in [0.25, 0.3) is 0 Å². The molecule has 0 spiro atoms. The highest BCUT2D eigenvalue weighted by Crippen LogP contribution is 2.32. The second-order valence-corrected chi connectivity index (χ2v) is 6.78. The Morgan fingerprint density at radius 2 is 2.04 bits per heavy atom. The molecule has 2 fully saturated rings. The van der Waals surface area contributed by atoms with Gasteiger partial charge in [0.05, 0.1) is 16.6 Å². The van der Waals surface area contributed by atoms with Gasteiger partial charge in [0.1, 0.15) is 0 Å². The molecule has 5 nitrogen and oxygen atoms in total. The van der Waals surface area contributed by atoms with Gasteiger partial charge >= 0.3 is 0 Å². The molecule has 3 unspecified atom stereocenters. The fourth-order valence-electron chi connectivity index (χ4n) is 3.38. The minimum atomic E-state index is -0.286. The first-order valence-electron chi connectivity index (χ1n) is 8.08. The number of carbonyl (C=O) groups is 2. The van der Waals surface area contributed by atoms with Crippen LogP contribution in [0, 0.1) is 5.92 Å². The maximum absolute atomic E-state index is 12.8. The Balaban J connectivity index is 1.75. The third-order valence-corrected chi connectivity index (χ3v) is 5.25. The highest BCUT2D eigenvalue weighted by molar-refractivity contribution is 6.33. The van der Waals surface area contributed by atoms with E-state index in [-0.39, 0.29) is 36.2 Å². The minimum absolute atomic E-state index is 0.0349. The van der Waals surface area contributed by atoms with Gasteiger partial charge < -0.3 is 15.1 Å². The van der Waals surface area contributed by atoms with Crippen molar-refractivity contribution in [1.82, 2.24) is 10.2 Å². The molecular formula is C17H22ClN3O2. The largest absolute Gasteiger partial charge is 0.337 e. The lowest BCUT2D eigenvalue weighted by Crippen LogP contribution is -2.58. The summed E-state index contributed by atoms with van der Waals surface area (Å²) in [7, 11) is 0. The highest BCUT2D eigenvalue weighted by Gasteiger charge is 2.40. The zero-order valence-electron chi connectivity index (χ0n) is 13.5. The highest BCUT2D eigenvalue weighted by atomic mass is 35.5. The van der Waals surface area contributed by atoms with E-state index in [1.54, 1.807) is 11.0 Å². The van der Waals surface area contributed by atoms with Crippen molar-refractivity contribution >= 4 is 29.1 Å². The molecule has 124 valence electrons. The Morgan fingerprint density at radius 1 is 1.30 bits per heavy atom. The van der Waals surface area contributed by atoms with Crippen LogP contribution < -0.4 is 10.2 Å². The first-order valence-corrected chi connectivity index (χ1v) is 8.45. The van der Waals surface area contributed by atoms with Gasteiger partial charge in [0.2, 0.25) is 11.8 Å². The van der Waals surface area contributed by atoms with Crippen molar-refractivity contribution in [3.63, 3.8) is 0 Å². The lowest BCUT2D eigenvalue weighted by Gasteiger charge is -2.39. The third kappa shape index (κ3) is 3.08. The van der Waals surface area contributed by atoms with E-state index in [1.165, 1.54) is 0 Å². The Labute approximate surface area is 141 Å². The average Bonchev–Trinajstić information content (AvgIpc) is 2.92. The number of rotatable bonds is 2. The molecule has 0 aromatic heterocycles. The molecule has 0 radical (unpaired) electrons. The van der Waals surface area contributed by atoms with Crippen molar-refractivity contribution in [1.29, 1.82) is 0 Å². The van der Waals surface area contributed by atoms with E-state index in [4.69, 9.17) is 11.6 Å². The van der Waals surface area contributed by atoms with Crippen LogP contribution in [0.2, 0.25) is 5.02 Å². The summed E-state index contributed by atoms with van der Waals surface area (Å²) in [6, 6.07) is 7.68. The lowest BCUT2D eigenvalue weighted by atomic mass is 10.0. The summed E-state index contributed by atoms with van der Waals surface area (Å²) in [5, 5.41) is 3.91. The summed E-state index contributed by atoms with van der Waals surface area (Å²) in [5.41, 5.74) is 0.691. The predicted octanol–water partition coefficient (Wildman–Crippen LogP) is 1.90. The molecule has 3 atom stereocenters. The smallest absolute Gasteiger partial charge is 0.228 e. The van der Waals surface area contributed by atoms with Gasteiger partial charge in [0.25, 0.3) is 0 Å². The van der Waals surface area contributed by atoms with Crippen LogP contribution in [0.5, 0.6) is 0 Å². The molecule has 0 bridgehead atoms. The molecule has 23 heavy (non-hydrogen) atoms. The number of carbonyl (C=O) groups excluding carboxylic acids is 2. The maximum Gasteiger partial charge on any atom is 0.228 e. The fraction of sp³-hybridized carbons (Fsp3) is 0.529. The van der Waals surface area contributed by atoms with E-state index >= 15 is 0 Å². The summed E-state index contributed by atoms with van der Waals surface area (Å²) in [6.07, 6.45) is 0.259. The topological polar surface area (TPSA) is 52.7 Å². The van der Waals surface area contributed by atoms with Crippen molar-refractivity contribution < 1.29 is 9.59 Å². The number of nitrogens with one attached hydrogen (secondary N) is 1. The monoisotopic (exact) mass is 335 g/mol. The molecule has 2 amide bonds. The molecule has 0 saturated carbocycles. The Hall–Kier alpha value is -1.59. The molecule has 2 heterocycles. The van der Waals surface area contributed by atoms with E-state index in [0.717, 1.165) is 6.54 Å². The number of halogens is 1. The van der Waals surface area contributed by atoms with E-state index in [1.807, 2.05) is 23.1 Å². The molecule has 2 saturated heterocycles. The van der Waals surface area contributed by atoms with Crippen molar-refractivity contribution in [2.24, 2.45) is 5.92 Å². The van der Waals surface area contributed by atoms with Gasteiger partial charge in [-0.05, 0) is 26.0 Å². The first kappa shape index (κ1) is 16.3. The Kier molecular flexibility index (Phi) is 4.60. The average molecular weight is 336 g/mol. The van der Waals surface area contributed by atoms with Crippen molar-refractivity contribution in [3.8, 4) is 0 Å². The van der Waals surface area contributed by atoms with Crippen molar-refractivity contribution in [2.75, 3.05) is 24.5 Å². The van der Waals surface area contributed by atoms with E-state index in [0.29, 0.717) is 23.8 Å².